The number of carbonyl (C=O) groups excluding carboxylic acids is 1. The second-order valence-electron chi connectivity index (χ2n) is 5.65. The van der Waals surface area contributed by atoms with E-state index in [9.17, 15) is 18.0 Å². The van der Waals surface area contributed by atoms with Crippen LogP contribution in [-0.2, 0) is 11.0 Å². The van der Waals surface area contributed by atoms with Gasteiger partial charge in [-0.2, -0.15) is 18.3 Å². The monoisotopic (exact) mass is 335 g/mol. The van der Waals surface area contributed by atoms with Crippen molar-refractivity contribution in [1.82, 2.24) is 9.78 Å². The lowest BCUT2D eigenvalue weighted by atomic mass is 9.93. The lowest BCUT2D eigenvalue weighted by Gasteiger charge is -2.20. The third-order valence-corrected chi connectivity index (χ3v) is 3.98. The highest BCUT2D eigenvalue weighted by molar-refractivity contribution is 5.93. The number of aromatic nitrogens is 2. The smallest absolute Gasteiger partial charge is 0.325 e. The molecule has 0 radical (unpaired) electrons. The van der Waals surface area contributed by atoms with Crippen molar-refractivity contribution in [2.45, 2.75) is 25.4 Å². The minimum absolute atomic E-state index is 0.224. The van der Waals surface area contributed by atoms with Gasteiger partial charge in [0.15, 0.2) is 0 Å². The van der Waals surface area contributed by atoms with Gasteiger partial charge in [-0.1, -0.05) is 12.2 Å². The van der Waals surface area contributed by atoms with Gasteiger partial charge in [-0.25, -0.2) is 4.68 Å². The summed E-state index contributed by atoms with van der Waals surface area (Å²) in [7, 11) is 0. The fraction of sp³-hybridized carbons (Fsp3) is 0.294. The molecule has 4 nitrogen and oxygen atoms in total. The van der Waals surface area contributed by atoms with Crippen molar-refractivity contribution in [3.8, 4) is 5.69 Å². The Hall–Kier alpha value is -2.57. The van der Waals surface area contributed by atoms with Gasteiger partial charge in [0, 0.05) is 18.3 Å². The van der Waals surface area contributed by atoms with E-state index in [4.69, 9.17) is 0 Å². The number of rotatable bonds is 3. The number of nitrogens with zero attached hydrogens (tertiary/aromatic N) is 2. The van der Waals surface area contributed by atoms with E-state index in [1.165, 1.54) is 23.0 Å². The molecular weight excluding hydrogens is 319 g/mol. The Morgan fingerprint density at radius 2 is 2.12 bits per heavy atom. The molecule has 0 saturated heterocycles. The number of hydrogen-bond donors (Lipinski definition) is 1. The SMILES string of the molecule is O=C(Nc1ccc(-n2cccn2)cc1C(F)(F)F)[C@H]1CC=CCC1. The van der Waals surface area contributed by atoms with E-state index in [0.29, 0.717) is 12.8 Å². The molecule has 0 saturated carbocycles. The predicted octanol–water partition coefficient (Wildman–Crippen LogP) is 4.19. The quantitative estimate of drug-likeness (QED) is 0.855. The Morgan fingerprint density at radius 1 is 1.29 bits per heavy atom. The molecule has 3 rings (SSSR count). The van der Waals surface area contributed by atoms with E-state index in [-0.39, 0.29) is 23.2 Å². The fourth-order valence-corrected chi connectivity index (χ4v) is 2.71. The minimum Gasteiger partial charge on any atom is -0.325 e. The highest BCUT2D eigenvalue weighted by Gasteiger charge is 2.35. The van der Waals surface area contributed by atoms with Gasteiger partial charge in [0.1, 0.15) is 0 Å². The molecule has 1 aliphatic rings. The second kappa shape index (κ2) is 6.51. The van der Waals surface area contributed by atoms with E-state index in [2.05, 4.69) is 10.4 Å². The maximum atomic E-state index is 13.4. The van der Waals surface area contributed by atoms with Gasteiger partial charge < -0.3 is 5.32 Å². The highest BCUT2D eigenvalue weighted by Crippen LogP contribution is 2.36. The second-order valence-corrected chi connectivity index (χ2v) is 5.65. The molecule has 1 N–H and O–H groups in total. The first-order valence-corrected chi connectivity index (χ1v) is 7.62. The summed E-state index contributed by atoms with van der Waals surface area (Å²) in [6.45, 7) is 0. The zero-order chi connectivity index (χ0) is 17.2. The number of nitrogens with one attached hydrogen (secondary N) is 1. The van der Waals surface area contributed by atoms with Crippen LogP contribution in [0.25, 0.3) is 5.69 Å². The number of alkyl halides is 3. The molecule has 1 amide bonds. The molecule has 0 fully saturated rings. The lowest BCUT2D eigenvalue weighted by Crippen LogP contribution is -2.25. The van der Waals surface area contributed by atoms with Gasteiger partial charge in [0.05, 0.1) is 16.9 Å². The Bertz CT molecular complexity index is 751. The molecule has 1 aliphatic carbocycles. The standard InChI is InChI=1S/C17H16F3N3O/c18-17(19,20)14-11-13(23-10-4-9-21-23)7-8-15(14)22-16(24)12-5-2-1-3-6-12/h1-2,4,7-12H,3,5-6H2,(H,22,24)/t12-/m0/s1. The van der Waals surface area contributed by atoms with Crippen molar-refractivity contribution in [3.63, 3.8) is 0 Å². The van der Waals surface area contributed by atoms with Crippen LogP contribution in [0.4, 0.5) is 18.9 Å². The average Bonchev–Trinajstić information content (AvgIpc) is 3.09. The summed E-state index contributed by atoms with van der Waals surface area (Å²) >= 11 is 0. The molecule has 126 valence electrons. The Morgan fingerprint density at radius 3 is 2.75 bits per heavy atom. The Labute approximate surface area is 137 Å². The average molecular weight is 335 g/mol. The van der Waals surface area contributed by atoms with Crippen LogP contribution in [0.1, 0.15) is 24.8 Å². The van der Waals surface area contributed by atoms with Crippen LogP contribution in [0.5, 0.6) is 0 Å². The van der Waals surface area contributed by atoms with Crippen LogP contribution in [0.3, 0.4) is 0 Å². The van der Waals surface area contributed by atoms with Crippen molar-refractivity contribution in [2.75, 3.05) is 5.32 Å². The highest BCUT2D eigenvalue weighted by atomic mass is 19.4. The number of allylic oxidation sites excluding steroid dienone is 2. The molecule has 0 bridgehead atoms. The molecule has 1 heterocycles. The number of benzene rings is 1. The van der Waals surface area contributed by atoms with Crippen molar-refractivity contribution in [2.24, 2.45) is 5.92 Å². The van der Waals surface area contributed by atoms with Crippen molar-refractivity contribution in [3.05, 3.63) is 54.4 Å². The number of halogens is 3. The van der Waals surface area contributed by atoms with Crippen LogP contribution in [-0.4, -0.2) is 15.7 Å². The summed E-state index contributed by atoms with van der Waals surface area (Å²) in [6.07, 6.45) is 4.30. The molecule has 0 aliphatic heterocycles. The molecule has 7 heteroatoms. The number of anilines is 1. The van der Waals surface area contributed by atoms with Crippen LogP contribution in [0.15, 0.2) is 48.8 Å². The number of amides is 1. The van der Waals surface area contributed by atoms with Crippen LogP contribution >= 0.6 is 0 Å². The molecule has 24 heavy (non-hydrogen) atoms. The molecule has 1 atom stereocenters. The molecule has 1 aromatic heterocycles. The third-order valence-electron chi connectivity index (χ3n) is 3.98. The molecule has 1 aromatic carbocycles. The van der Waals surface area contributed by atoms with Crippen molar-refractivity contribution >= 4 is 11.6 Å². The van der Waals surface area contributed by atoms with Gasteiger partial charge in [-0.3, -0.25) is 4.79 Å². The largest absolute Gasteiger partial charge is 0.418 e. The van der Waals surface area contributed by atoms with Gasteiger partial charge in [-0.15, -0.1) is 0 Å². The Balaban J connectivity index is 1.89. The maximum Gasteiger partial charge on any atom is 0.418 e. The topological polar surface area (TPSA) is 46.9 Å². The van der Waals surface area contributed by atoms with Gasteiger partial charge >= 0.3 is 6.18 Å². The van der Waals surface area contributed by atoms with E-state index >= 15 is 0 Å². The normalized spacial score (nSPS) is 17.7. The summed E-state index contributed by atoms with van der Waals surface area (Å²) in [5.74, 6) is -0.668. The van der Waals surface area contributed by atoms with Gasteiger partial charge in [-0.05, 0) is 43.5 Å². The van der Waals surface area contributed by atoms with E-state index < -0.39 is 11.7 Å². The van der Waals surface area contributed by atoms with Crippen molar-refractivity contribution in [1.29, 1.82) is 0 Å². The number of carbonyl (C=O) groups is 1. The first-order valence-electron chi connectivity index (χ1n) is 7.62. The fourth-order valence-electron chi connectivity index (χ4n) is 2.71. The summed E-state index contributed by atoms with van der Waals surface area (Å²) in [6, 6.07) is 5.39. The van der Waals surface area contributed by atoms with Crippen LogP contribution < -0.4 is 5.32 Å². The van der Waals surface area contributed by atoms with E-state index in [1.807, 2.05) is 12.2 Å². The third kappa shape index (κ3) is 3.50. The molecule has 2 aromatic rings. The first-order chi connectivity index (χ1) is 11.4. The Kier molecular flexibility index (Phi) is 4.42. The van der Waals surface area contributed by atoms with Gasteiger partial charge in [0.2, 0.25) is 5.91 Å². The van der Waals surface area contributed by atoms with Crippen LogP contribution in [0, 0.1) is 5.92 Å². The predicted molar refractivity (Wildman–Crippen MR) is 83.7 cm³/mol. The van der Waals surface area contributed by atoms with Crippen molar-refractivity contribution < 1.29 is 18.0 Å². The molecule has 0 spiro atoms. The van der Waals surface area contributed by atoms with E-state index in [1.54, 1.807) is 12.3 Å². The molecule has 0 unspecified atom stereocenters. The summed E-state index contributed by atoms with van der Waals surface area (Å²) in [5, 5.41) is 6.36. The summed E-state index contributed by atoms with van der Waals surface area (Å²) in [4.78, 5) is 12.2. The lowest BCUT2D eigenvalue weighted by molar-refractivity contribution is -0.137. The zero-order valence-corrected chi connectivity index (χ0v) is 12.8. The van der Waals surface area contributed by atoms with Crippen LogP contribution in [0.2, 0.25) is 0 Å². The van der Waals surface area contributed by atoms with E-state index in [0.717, 1.165) is 12.5 Å². The first kappa shape index (κ1) is 16.3. The number of hydrogen-bond acceptors (Lipinski definition) is 2. The maximum absolute atomic E-state index is 13.4. The summed E-state index contributed by atoms with van der Waals surface area (Å²) in [5.41, 5.74) is -0.820. The zero-order valence-electron chi connectivity index (χ0n) is 12.8. The minimum atomic E-state index is -4.57. The van der Waals surface area contributed by atoms with Gasteiger partial charge in [0.25, 0.3) is 0 Å². The summed E-state index contributed by atoms with van der Waals surface area (Å²) < 4.78 is 41.5. The molecular formula is C17H16F3N3O.